The molecule has 5 heteroatoms. The van der Waals surface area contributed by atoms with Crippen molar-refractivity contribution in [3.05, 3.63) is 29.8 Å². The second kappa shape index (κ2) is 5.12. The Hall–Kier alpha value is -1.35. The van der Waals surface area contributed by atoms with Crippen molar-refractivity contribution in [3.8, 4) is 12.3 Å². The molecular formula is C11H14N2O2S. The first-order valence-corrected chi connectivity index (χ1v) is 6.29. The molecule has 0 heterocycles. The summed E-state index contributed by atoms with van der Waals surface area (Å²) < 4.78 is 22.0. The maximum atomic E-state index is 11.0. The monoisotopic (exact) mass is 238 g/mol. The number of rotatable bonds is 4. The Labute approximate surface area is 95.9 Å². The van der Waals surface area contributed by atoms with Gasteiger partial charge in [-0.3, -0.25) is 5.32 Å². The number of benzene rings is 1. The normalized spacial score (nSPS) is 13.1. The number of hydrogen-bond acceptors (Lipinski definition) is 3. The van der Waals surface area contributed by atoms with Crippen molar-refractivity contribution >= 4 is 10.0 Å². The van der Waals surface area contributed by atoms with E-state index in [-0.39, 0.29) is 10.9 Å². The molecule has 0 saturated heterocycles. The first-order chi connectivity index (χ1) is 7.45. The molecule has 1 atom stereocenters. The summed E-state index contributed by atoms with van der Waals surface area (Å²) in [6.45, 7) is 2.42. The Morgan fingerprint density at radius 2 is 2.00 bits per heavy atom. The maximum Gasteiger partial charge on any atom is 0.238 e. The molecule has 0 amide bonds. The van der Waals surface area contributed by atoms with E-state index in [1.54, 1.807) is 12.1 Å². The van der Waals surface area contributed by atoms with Crippen molar-refractivity contribution in [1.29, 1.82) is 0 Å². The summed E-state index contributed by atoms with van der Waals surface area (Å²) in [5, 5.41) is 8.08. The summed E-state index contributed by atoms with van der Waals surface area (Å²) in [5.74, 6) is 2.48. The van der Waals surface area contributed by atoms with E-state index in [9.17, 15) is 8.42 Å². The van der Waals surface area contributed by atoms with Crippen LogP contribution in [0.3, 0.4) is 0 Å². The minimum absolute atomic E-state index is 0.0746. The lowest BCUT2D eigenvalue weighted by Crippen LogP contribution is -2.19. The predicted molar refractivity (Wildman–Crippen MR) is 63.1 cm³/mol. The molecule has 0 aliphatic heterocycles. The van der Waals surface area contributed by atoms with Gasteiger partial charge in [0.15, 0.2) is 0 Å². The highest BCUT2D eigenvalue weighted by molar-refractivity contribution is 7.89. The Bertz CT molecular complexity index is 486. The van der Waals surface area contributed by atoms with Crippen molar-refractivity contribution in [1.82, 2.24) is 5.32 Å². The van der Waals surface area contributed by atoms with E-state index in [4.69, 9.17) is 11.6 Å². The lowest BCUT2D eigenvalue weighted by atomic mass is 10.1. The van der Waals surface area contributed by atoms with Crippen molar-refractivity contribution in [2.24, 2.45) is 5.14 Å². The Morgan fingerprint density at radius 1 is 1.44 bits per heavy atom. The highest BCUT2D eigenvalue weighted by atomic mass is 32.2. The number of nitrogens with two attached hydrogens (primary N) is 1. The number of primary sulfonamides is 1. The molecule has 3 N–H and O–H groups in total. The molecule has 1 aromatic rings. The fourth-order valence-corrected chi connectivity index (χ4v) is 1.79. The van der Waals surface area contributed by atoms with Crippen LogP contribution in [0.2, 0.25) is 0 Å². The zero-order valence-corrected chi connectivity index (χ0v) is 9.79. The molecule has 86 valence electrons. The van der Waals surface area contributed by atoms with Gasteiger partial charge in [-0.05, 0) is 24.6 Å². The smallest absolute Gasteiger partial charge is 0.238 e. The molecule has 1 unspecified atom stereocenters. The molecule has 0 aromatic heterocycles. The largest absolute Gasteiger partial charge is 0.300 e. The summed E-state index contributed by atoms with van der Waals surface area (Å²) in [6.07, 6.45) is 5.13. The molecule has 0 radical (unpaired) electrons. The zero-order valence-electron chi connectivity index (χ0n) is 8.97. The van der Waals surface area contributed by atoms with Crippen LogP contribution in [0.15, 0.2) is 29.2 Å². The van der Waals surface area contributed by atoms with Crippen LogP contribution in [-0.2, 0) is 10.0 Å². The summed E-state index contributed by atoms with van der Waals surface area (Å²) >= 11 is 0. The molecule has 0 aliphatic rings. The van der Waals surface area contributed by atoms with Gasteiger partial charge < -0.3 is 0 Å². The first-order valence-electron chi connectivity index (χ1n) is 4.75. The van der Waals surface area contributed by atoms with Gasteiger partial charge in [0.05, 0.1) is 11.4 Å². The van der Waals surface area contributed by atoms with Gasteiger partial charge >= 0.3 is 0 Å². The van der Waals surface area contributed by atoms with Gasteiger partial charge in [0.25, 0.3) is 0 Å². The van der Waals surface area contributed by atoms with Crippen LogP contribution in [0, 0.1) is 12.3 Å². The number of sulfonamides is 1. The van der Waals surface area contributed by atoms with Crippen LogP contribution >= 0.6 is 0 Å². The average molecular weight is 238 g/mol. The molecule has 1 rings (SSSR count). The van der Waals surface area contributed by atoms with Crippen LogP contribution < -0.4 is 10.5 Å². The molecule has 0 bridgehead atoms. The summed E-state index contributed by atoms with van der Waals surface area (Å²) in [4.78, 5) is 0.111. The summed E-state index contributed by atoms with van der Waals surface area (Å²) in [5.41, 5.74) is 0.961. The van der Waals surface area contributed by atoms with Gasteiger partial charge in [-0.15, -0.1) is 6.42 Å². The fraction of sp³-hybridized carbons (Fsp3) is 0.273. The van der Waals surface area contributed by atoms with Crippen molar-refractivity contribution in [2.75, 3.05) is 6.54 Å². The van der Waals surface area contributed by atoms with Gasteiger partial charge in [0.2, 0.25) is 10.0 Å². The third kappa shape index (κ3) is 3.35. The van der Waals surface area contributed by atoms with Gasteiger partial charge in [-0.2, -0.15) is 0 Å². The second-order valence-corrected chi connectivity index (χ2v) is 4.98. The quantitative estimate of drug-likeness (QED) is 0.755. The number of hydrogen-bond donors (Lipinski definition) is 2. The van der Waals surface area contributed by atoms with E-state index in [2.05, 4.69) is 11.2 Å². The van der Waals surface area contributed by atoms with Crippen LogP contribution in [0.5, 0.6) is 0 Å². The maximum absolute atomic E-state index is 11.0. The van der Waals surface area contributed by atoms with Gasteiger partial charge in [0.1, 0.15) is 0 Å². The molecule has 0 aliphatic carbocycles. The zero-order chi connectivity index (χ0) is 12.2. The highest BCUT2D eigenvalue weighted by Crippen LogP contribution is 2.14. The second-order valence-electron chi connectivity index (χ2n) is 3.42. The van der Waals surface area contributed by atoms with Crippen molar-refractivity contribution in [3.63, 3.8) is 0 Å². The first kappa shape index (κ1) is 12.7. The van der Waals surface area contributed by atoms with E-state index >= 15 is 0 Å². The van der Waals surface area contributed by atoms with Crippen LogP contribution in [0.1, 0.15) is 18.5 Å². The lowest BCUT2D eigenvalue weighted by molar-refractivity contribution is 0.597. The summed E-state index contributed by atoms with van der Waals surface area (Å²) in [7, 11) is -3.61. The number of nitrogens with one attached hydrogen (secondary N) is 1. The van der Waals surface area contributed by atoms with E-state index in [1.165, 1.54) is 12.1 Å². The minimum atomic E-state index is -3.61. The van der Waals surface area contributed by atoms with Crippen molar-refractivity contribution < 1.29 is 8.42 Å². The average Bonchev–Trinajstić information content (AvgIpc) is 2.25. The van der Waals surface area contributed by atoms with E-state index in [1.807, 2.05) is 6.92 Å². The topological polar surface area (TPSA) is 72.2 Å². The third-order valence-electron chi connectivity index (χ3n) is 2.22. The fourth-order valence-electron chi connectivity index (χ4n) is 1.28. The number of terminal acetylenes is 1. The Morgan fingerprint density at radius 3 is 2.44 bits per heavy atom. The van der Waals surface area contributed by atoms with E-state index < -0.39 is 10.0 Å². The Kier molecular flexibility index (Phi) is 4.07. The molecular weight excluding hydrogens is 224 g/mol. The minimum Gasteiger partial charge on any atom is -0.300 e. The molecule has 16 heavy (non-hydrogen) atoms. The predicted octanol–water partition coefficient (Wildman–Crippen LogP) is 0.618. The molecule has 0 spiro atoms. The molecule has 0 fully saturated rings. The molecule has 4 nitrogen and oxygen atoms in total. The van der Waals surface area contributed by atoms with Gasteiger partial charge in [0, 0.05) is 6.04 Å². The van der Waals surface area contributed by atoms with Crippen molar-refractivity contribution in [2.45, 2.75) is 17.9 Å². The van der Waals surface area contributed by atoms with Crippen LogP contribution in [0.4, 0.5) is 0 Å². The summed E-state index contributed by atoms with van der Waals surface area (Å²) in [6, 6.07) is 6.48. The third-order valence-corrected chi connectivity index (χ3v) is 3.15. The Balaban J connectivity index is 2.84. The molecule has 0 saturated carbocycles. The molecule has 1 aromatic carbocycles. The van der Waals surface area contributed by atoms with Gasteiger partial charge in [-0.1, -0.05) is 18.1 Å². The van der Waals surface area contributed by atoms with E-state index in [0.717, 1.165) is 5.56 Å². The van der Waals surface area contributed by atoms with Gasteiger partial charge in [-0.25, -0.2) is 13.6 Å². The van der Waals surface area contributed by atoms with Crippen LogP contribution in [0.25, 0.3) is 0 Å². The highest BCUT2D eigenvalue weighted by Gasteiger charge is 2.08. The van der Waals surface area contributed by atoms with E-state index in [0.29, 0.717) is 6.54 Å². The van der Waals surface area contributed by atoms with Crippen LogP contribution in [-0.4, -0.2) is 15.0 Å². The SMILES string of the molecule is C#CCNC(C)c1ccc(S(N)(=O)=O)cc1. The standard InChI is InChI=1S/C11H14N2O2S/c1-3-8-13-9(2)10-4-6-11(7-5-10)16(12,14)15/h1,4-7,9,13H,8H2,2H3,(H2,12,14,15). The lowest BCUT2D eigenvalue weighted by Gasteiger charge is -2.12.